The van der Waals surface area contributed by atoms with Crippen molar-refractivity contribution in [2.24, 2.45) is 0 Å². The number of rotatable bonds is 20. The predicted octanol–water partition coefficient (Wildman–Crippen LogP) is 7.77. The van der Waals surface area contributed by atoms with Crippen LogP contribution in [0.2, 0.25) is 18.1 Å². The topological polar surface area (TPSA) is 52.6 Å². The van der Waals surface area contributed by atoms with Crippen molar-refractivity contribution in [2.45, 2.75) is 136 Å². The highest BCUT2D eigenvalue weighted by molar-refractivity contribution is 6.73. The highest BCUT2D eigenvalue weighted by Crippen LogP contribution is 2.27. The first kappa shape index (κ1) is 30.1. The van der Waals surface area contributed by atoms with Gasteiger partial charge in [-0.2, -0.15) is 0 Å². The maximum absolute atomic E-state index is 12.4. The van der Waals surface area contributed by atoms with Gasteiger partial charge in [-0.05, 0) is 37.9 Å². The Morgan fingerprint density at radius 2 is 1.23 bits per heavy atom. The van der Waals surface area contributed by atoms with Gasteiger partial charge in [0.1, 0.15) is 6.10 Å². The maximum atomic E-state index is 12.4. The van der Waals surface area contributed by atoms with Crippen LogP contribution in [0.15, 0.2) is 11.6 Å². The van der Waals surface area contributed by atoms with Crippen molar-refractivity contribution in [3.05, 3.63) is 11.6 Å². The molecule has 0 aromatic carbocycles. The van der Waals surface area contributed by atoms with Crippen molar-refractivity contribution in [3.63, 3.8) is 0 Å². The van der Waals surface area contributed by atoms with Gasteiger partial charge in [0.25, 0.3) is 0 Å². The lowest BCUT2D eigenvalue weighted by Crippen LogP contribution is -2.44. The van der Waals surface area contributed by atoms with Gasteiger partial charge in [0, 0.05) is 0 Å². The van der Waals surface area contributed by atoms with Crippen LogP contribution in [-0.2, 0) is 18.8 Å². The molecular formula is C26H50O4Si. The molecule has 0 N–H and O–H groups in total. The van der Waals surface area contributed by atoms with Crippen LogP contribution < -0.4 is 0 Å². The van der Waals surface area contributed by atoms with Crippen molar-refractivity contribution >= 4 is 20.1 Å². The summed E-state index contributed by atoms with van der Waals surface area (Å²) in [6.45, 7) is 10.2. The van der Waals surface area contributed by atoms with Crippen LogP contribution in [0.4, 0.5) is 0 Å². The summed E-state index contributed by atoms with van der Waals surface area (Å²) in [5, 5.41) is 0. The molecule has 0 rings (SSSR count). The van der Waals surface area contributed by atoms with E-state index in [0.29, 0.717) is 5.57 Å². The van der Waals surface area contributed by atoms with Crippen molar-refractivity contribution < 1.29 is 18.8 Å². The Labute approximate surface area is 193 Å². The molecule has 31 heavy (non-hydrogen) atoms. The SMILES string of the molecule is CCCCCCCCCCCCCC=C(C(=O)OC)C(O[Si](CC)(CC)CC)C(C)=O. The quantitative estimate of drug-likeness (QED) is 0.0816. The summed E-state index contributed by atoms with van der Waals surface area (Å²) >= 11 is 0. The lowest BCUT2D eigenvalue weighted by Gasteiger charge is -2.32. The number of methoxy groups -OCH3 is 1. The van der Waals surface area contributed by atoms with Gasteiger partial charge in [0.05, 0.1) is 12.7 Å². The standard InChI is InChI=1S/C26H50O4Si/c1-7-11-12-13-14-15-16-17-18-19-20-21-22-24(26(28)29-6)25(23(5)27)30-31(8-2,9-3)10-4/h22,25H,7-21H2,1-6H3. The fourth-order valence-electron chi connectivity index (χ4n) is 4.10. The van der Waals surface area contributed by atoms with Crippen LogP contribution in [0.5, 0.6) is 0 Å². The minimum atomic E-state index is -2.02. The third-order valence-corrected chi connectivity index (χ3v) is 11.1. The van der Waals surface area contributed by atoms with E-state index in [-0.39, 0.29) is 5.78 Å². The average Bonchev–Trinajstić information content (AvgIpc) is 2.78. The zero-order valence-electron chi connectivity index (χ0n) is 21.4. The van der Waals surface area contributed by atoms with E-state index in [9.17, 15) is 9.59 Å². The summed E-state index contributed by atoms with van der Waals surface area (Å²) in [7, 11) is -0.643. The Morgan fingerprint density at radius 1 is 0.774 bits per heavy atom. The number of carbonyl (C=O) groups excluding carboxylic acids is 2. The minimum Gasteiger partial charge on any atom is -0.466 e. The van der Waals surface area contributed by atoms with Gasteiger partial charge in [-0.15, -0.1) is 0 Å². The smallest absolute Gasteiger partial charge is 0.336 e. The molecule has 1 atom stereocenters. The van der Waals surface area contributed by atoms with Crippen molar-refractivity contribution in [3.8, 4) is 0 Å². The fourth-order valence-corrected chi connectivity index (χ4v) is 6.89. The first-order valence-corrected chi connectivity index (χ1v) is 15.4. The molecule has 0 aromatic rings. The van der Waals surface area contributed by atoms with Crippen LogP contribution in [0.3, 0.4) is 0 Å². The number of ether oxygens (including phenoxy) is 1. The van der Waals surface area contributed by atoms with E-state index in [4.69, 9.17) is 9.16 Å². The Balaban J connectivity index is 4.61. The second-order valence-electron chi connectivity index (χ2n) is 8.83. The Bertz CT molecular complexity index is 503. The predicted molar refractivity (Wildman–Crippen MR) is 134 cm³/mol. The molecule has 5 heteroatoms. The Kier molecular flexibility index (Phi) is 18.0. The first-order chi connectivity index (χ1) is 14.9. The monoisotopic (exact) mass is 454 g/mol. The first-order valence-electron chi connectivity index (χ1n) is 12.9. The van der Waals surface area contributed by atoms with Gasteiger partial charge in [0.15, 0.2) is 14.1 Å². The van der Waals surface area contributed by atoms with E-state index in [1.807, 2.05) is 6.08 Å². The summed E-state index contributed by atoms with van der Waals surface area (Å²) in [5.74, 6) is -0.544. The number of Topliss-reactive ketones (excluding diaryl/α,β-unsaturated/α-hetero) is 1. The molecule has 0 aliphatic carbocycles. The molecule has 0 aliphatic heterocycles. The molecule has 0 spiro atoms. The molecule has 0 bridgehead atoms. The molecule has 0 aliphatic rings. The van der Waals surface area contributed by atoms with E-state index in [1.54, 1.807) is 0 Å². The number of unbranched alkanes of at least 4 members (excludes halogenated alkanes) is 11. The third kappa shape index (κ3) is 12.6. The Morgan fingerprint density at radius 3 is 1.61 bits per heavy atom. The number of esters is 1. The van der Waals surface area contributed by atoms with E-state index in [2.05, 4.69) is 27.7 Å². The molecule has 0 saturated heterocycles. The summed E-state index contributed by atoms with van der Waals surface area (Å²) in [6, 6.07) is 2.82. The highest BCUT2D eigenvalue weighted by atomic mass is 28.4. The lowest BCUT2D eigenvalue weighted by atomic mass is 10.0. The maximum Gasteiger partial charge on any atom is 0.336 e. The number of hydrogen-bond donors (Lipinski definition) is 0. The fraction of sp³-hybridized carbons (Fsp3) is 0.846. The van der Waals surface area contributed by atoms with Crippen LogP contribution in [0, 0.1) is 0 Å². The molecule has 4 nitrogen and oxygen atoms in total. The van der Waals surface area contributed by atoms with Gasteiger partial charge in [-0.3, -0.25) is 4.79 Å². The van der Waals surface area contributed by atoms with Gasteiger partial charge in [-0.25, -0.2) is 4.79 Å². The van der Waals surface area contributed by atoms with Crippen molar-refractivity contribution in [1.29, 1.82) is 0 Å². The summed E-state index contributed by atoms with van der Waals surface area (Å²) in [6.07, 6.45) is 16.1. The van der Waals surface area contributed by atoms with Gasteiger partial charge in [0.2, 0.25) is 0 Å². The average molecular weight is 455 g/mol. The van der Waals surface area contributed by atoms with E-state index in [1.165, 1.54) is 71.8 Å². The zero-order valence-corrected chi connectivity index (χ0v) is 22.4. The van der Waals surface area contributed by atoms with Crippen molar-refractivity contribution in [2.75, 3.05) is 7.11 Å². The number of hydrogen-bond acceptors (Lipinski definition) is 4. The Hall–Kier alpha value is -0.943. The van der Waals surface area contributed by atoms with Crippen LogP contribution in [0.25, 0.3) is 0 Å². The molecule has 0 heterocycles. The molecule has 1 unspecified atom stereocenters. The van der Waals surface area contributed by atoms with Gasteiger partial charge in [-0.1, -0.05) is 98.0 Å². The van der Waals surface area contributed by atoms with Crippen LogP contribution in [0.1, 0.15) is 112 Å². The summed E-state index contributed by atoms with van der Waals surface area (Å²) < 4.78 is 11.4. The zero-order chi connectivity index (χ0) is 23.5. The number of ketones is 1. The molecule has 0 amide bonds. The largest absolute Gasteiger partial charge is 0.466 e. The minimum absolute atomic E-state index is 0.109. The molecule has 0 fully saturated rings. The second-order valence-corrected chi connectivity index (χ2v) is 13.6. The summed E-state index contributed by atoms with van der Waals surface area (Å²) in [4.78, 5) is 24.8. The molecule has 0 radical (unpaired) electrons. The molecule has 0 aromatic heterocycles. The van der Waals surface area contributed by atoms with E-state index < -0.39 is 20.4 Å². The normalized spacial score (nSPS) is 13.3. The number of carbonyl (C=O) groups is 2. The van der Waals surface area contributed by atoms with E-state index >= 15 is 0 Å². The summed E-state index contributed by atoms with van der Waals surface area (Å²) in [5.41, 5.74) is 0.398. The highest BCUT2D eigenvalue weighted by Gasteiger charge is 2.37. The lowest BCUT2D eigenvalue weighted by molar-refractivity contribution is -0.139. The van der Waals surface area contributed by atoms with Gasteiger partial charge < -0.3 is 9.16 Å². The van der Waals surface area contributed by atoms with Crippen LogP contribution in [-0.4, -0.2) is 33.3 Å². The molecular weight excluding hydrogens is 404 g/mol. The van der Waals surface area contributed by atoms with E-state index in [0.717, 1.165) is 37.4 Å². The molecule has 182 valence electrons. The number of allylic oxidation sites excluding steroid dienone is 1. The molecule has 0 saturated carbocycles. The van der Waals surface area contributed by atoms with Crippen molar-refractivity contribution in [1.82, 2.24) is 0 Å². The third-order valence-electron chi connectivity index (χ3n) is 6.55. The second kappa shape index (κ2) is 18.6. The van der Waals surface area contributed by atoms with Gasteiger partial charge >= 0.3 is 5.97 Å². The van der Waals surface area contributed by atoms with Crippen LogP contribution >= 0.6 is 0 Å².